The second-order valence-corrected chi connectivity index (χ2v) is 4.48. The molecule has 4 nitrogen and oxygen atoms in total. The molecule has 0 spiro atoms. The molecular formula is C12H14BrN3O. The highest BCUT2D eigenvalue weighted by Crippen LogP contribution is 2.15. The summed E-state index contributed by atoms with van der Waals surface area (Å²) >= 11 is 3.38. The second kappa shape index (κ2) is 6.42. The third-order valence-corrected chi connectivity index (χ3v) is 2.76. The van der Waals surface area contributed by atoms with Gasteiger partial charge < -0.3 is 10.1 Å². The highest BCUT2D eigenvalue weighted by molar-refractivity contribution is 9.10. The zero-order valence-electron chi connectivity index (χ0n) is 9.32. The number of nitrogens with one attached hydrogen (secondary N) is 2. The average molecular weight is 296 g/mol. The first-order chi connectivity index (χ1) is 8.34. The molecule has 0 unspecified atom stereocenters. The summed E-state index contributed by atoms with van der Waals surface area (Å²) in [7, 11) is 0. The molecule has 0 saturated heterocycles. The lowest BCUT2D eigenvalue weighted by Crippen LogP contribution is -2.20. The van der Waals surface area contributed by atoms with Crippen LogP contribution in [0.25, 0.3) is 0 Å². The minimum atomic E-state index is 0.649. The van der Waals surface area contributed by atoms with Crippen LogP contribution in [0, 0.1) is 0 Å². The smallest absolute Gasteiger partial charge is 0.119 e. The van der Waals surface area contributed by atoms with Crippen LogP contribution in [0.3, 0.4) is 0 Å². The Bertz CT molecular complexity index is 428. The second-order valence-electron chi connectivity index (χ2n) is 3.56. The molecule has 0 aliphatic carbocycles. The molecule has 1 heterocycles. The lowest BCUT2D eigenvalue weighted by Gasteiger charge is -2.06. The van der Waals surface area contributed by atoms with E-state index in [1.807, 2.05) is 30.3 Å². The summed E-state index contributed by atoms with van der Waals surface area (Å²) in [4.78, 5) is 0. The molecule has 1 aromatic carbocycles. The van der Waals surface area contributed by atoms with Gasteiger partial charge in [-0.1, -0.05) is 15.9 Å². The summed E-state index contributed by atoms with van der Waals surface area (Å²) in [5.41, 5.74) is 1.08. The molecule has 0 fully saturated rings. The Labute approximate surface area is 109 Å². The van der Waals surface area contributed by atoms with E-state index >= 15 is 0 Å². The van der Waals surface area contributed by atoms with Crippen molar-refractivity contribution >= 4 is 15.9 Å². The van der Waals surface area contributed by atoms with Gasteiger partial charge in [0.25, 0.3) is 0 Å². The van der Waals surface area contributed by atoms with E-state index in [4.69, 9.17) is 4.74 Å². The number of aromatic nitrogens is 2. The molecular weight excluding hydrogens is 282 g/mol. The van der Waals surface area contributed by atoms with Gasteiger partial charge >= 0.3 is 0 Å². The van der Waals surface area contributed by atoms with Gasteiger partial charge in [0.15, 0.2) is 0 Å². The molecule has 0 saturated carbocycles. The number of halogens is 1. The largest absolute Gasteiger partial charge is 0.492 e. The lowest BCUT2D eigenvalue weighted by atomic mass is 10.3. The summed E-state index contributed by atoms with van der Waals surface area (Å²) in [6.45, 7) is 2.23. The molecule has 0 atom stereocenters. The Morgan fingerprint density at radius 1 is 1.24 bits per heavy atom. The van der Waals surface area contributed by atoms with Crippen molar-refractivity contribution in [3.63, 3.8) is 0 Å². The standard InChI is InChI=1S/C12H14BrN3O/c13-10-1-3-12(4-2-10)17-8-7-14-9-11-5-6-15-16-11/h1-6,14H,7-9H2,(H,15,16). The third-order valence-electron chi connectivity index (χ3n) is 2.24. The summed E-state index contributed by atoms with van der Waals surface area (Å²) in [5, 5.41) is 10.0. The minimum Gasteiger partial charge on any atom is -0.492 e. The van der Waals surface area contributed by atoms with Crippen molar-refractivity contribution in [3.8, 4) is 5.75 Å². The zero-order valence-corrected chi connectivity index (χ0v) is 10.9. The minimum absolute atomic E-state index is 0.649. The molecule has 0 aliphatic heterocycles. The molecule has 1 aromatic heterocycles. The molecule has 90 valence electrons. The number of hydrogen-bond donors (Lipinski definition) is 2. The molecule has 2 aromatic rings. The number of benzene rings is 1. The van der Waals surface area contributed by atoms with E-state index in [1.54, 1.807) is 6.20 Å². The highest BCUT2D eigenvalue weighted by atomic mass is 79.9. The van der Waals surface area contributed by atoms with Gasteiger partial charge in [-0.05, 0) is 30.3 Å². The molecule has 0 radical (unpaired) electrons. The molecule has 2 N–H and O–H groups in total. The van der Waals surface area contributed by atoms with Crippen molar-refractivity contribution in [1.82, 2.24) is 15.5 Å². The quantitative estimate of drug-likeness (QED) is 0.804. The van der Waals surface area contributed by atoms with Crippen LogP contribution in [0.5, 0.6) is 5.75 Å². The number of hydrogen-bond acceptors (Lipinski definition) is 3. The maximum atomic E-state index is 5.57. The van der Waals surface area contributed by atoms with Crippen molar-refractivity contribution in [2.45, 2.75) is 6.54 Å². The number of H-pyrrole nitrogens is 1. The monoisotopic (exact) mass is 295 g/mol. The van der Waals surface area contributed by atoms with E-state index < -0.39 is 0 Å². The first-order valence-electron chi connectivity index (χ1n) is 5.42. The first kappa shape index (κ1) is 12.1. The van der Waals surface area contributed by atoms with Crippen LogP contribution in [-0.4, -0.2) is 23.3 Å². The van der Waals surface area contributed by atoms with Gasteiger partial charge in [-0.15, -0.1) is 0 Å². The van der Waals surface area contributed by atoms with Crippen LogP contribution < -0.4 is 10.1 Å². The van der Waals surface area contributed by atoms with Gasteiger partial charge in [-0.3, -0.25) is 5.10 Å². The summed E-state index contributed by atoms with van der Waals surface area (Å²) in [6, 6.07) is 9.77. The maximum absolute atomic E-state index is 5.57. The van der Waals surface area contributed by atoms with Crippen molar-refractivity contribution in [2.75, 3.05) is 13.2 Å². The Morgan fingerprint density at radius 3 is 2.76 bits per heavy atom. The van der Waals surface area contributed by atoms with Gasteiger partial charge in [-0.25, -0.2) is 0 Å². The molecule has 17 heavy (non-hydrogen) atoms. The molecule has 0 amide bonds. The predicted molar refractivity (Wildman–Crippen MR) is 69.9 cm³/mol. The van der Waals surface area contributed by atoms with Crippen LogP contribution >= 0.6 is 15.9 Å². The maximum Gasteiger partial charge on any atom is 0.119 e. The van der Waals surface area contributed by atoms with E-state index in [0.717, 1.165) is 29.0 Å². The summed E-state index contributed by atoms with van der Waals surface area (Å²) < 4.78 is 6.63. The van der Waals surface area contributed by atoms with Crippen molar-refractivity contribution in [2.24, 2.45) is 0 Å². The highest BCUT2D eigenvalue weighted by Gasteiger charge is 1.95. The van der Waals surface area contributed by atoms with E-state index in [2.05, 4.69) is 31.4 Å². The molecule has 0 bridgehead atoms. The fourth-order valence-corrected chi connectivity index (χ4v) is 1.64. The SMILES string of the molecule is Brc1ccc(OCCNCc2ccn[nH]2)cc1. The van der Waals surface area contributed by atoms with Crippen molar-refractivity contribution < 1.29 is 4.74 Å². The summed E-state index contributed by atoms with van der Waals surface area (Å²) in [5.74, 6) is 0.886. The number of aromatic amines is 1. The fraction of sp³-hybridized carbons (Fsp3) is 0.250. The van der Waals surface area contributed by atoms with Crippen LogP contribution in [0.15, 0.2) is 41.0 Å². The van der Waals surface area contributed by atoms with Gasteiger partial charge in [-0.2, -0.15) is 5.10 Å². The predicted octanol–water partition coefficient (Wildman–Crippen LogP) is 2.34. The first-order valence-corrected chi connectivity index (χ1v) is 6.21. The normalized spacial score (nSPS) is 10.4. The Hall–Kier alpha value is -1.33. The van der Waals surface area contributed by atoms with Crippen LogP contribution in [0.1, 0.15) is 5.69 Å². The van der Waals surface area contributed by atoms with Gasteiger partial charge in [0.05, 0.1) is 0 Å². The van der Waals surface area contributed by atoms with Crippen LogP contribution in [0.4, 0.5) is 0 Å². The van der Waals surface area contributed by atoms with Crippen LogP contribution in [0.2, 0.25) is 0 Å². The third kappa shape index (κ3) is 4.20. The van der Waals surface area contributed by atoms with Crippen molar-refractivity contribution in [3.05, 3.63) is 46.7 Å². The van der Waals surface area contributed by atoms with Crippen molar-refractivity contribution in [1.29, 1.82) is 0 Å². The van der Waals surface area contributed by atoms with Gasteiger partial charge in [0.2, 0.25) is 0 Å². The van der Waals surface area contributed by atoms with E-state index in [-0.39, 0.29) is 0 Å². The number of ether oxygens (including phenoxy) is 1. The summed E-state index contributed by atoms with van der Waals surface area (Å²) in [6.07, 6.45) is 1.75. The molecule has 5 heteroatoms. The average Bonchev–Trinajstić information content (AvgIpc) is 2.84. The topological polar surface area (TPSA) is 49.9 Å². The Morgan fingerprint density at radius 2 is 2.06 bits per heavy atom. The lowest BCUT2D eigenvalue weighted by molar-refractivity contribution is 0.313. The fourth-order valence-electron chi connectivity index (χ4n) is 1.38. The Kier molecular flexibility index (Phi) is 4.58. The van der Waals surface area contributed by atoms with Gasteiger partial charge in [0, 0.05) is 29.5 Å². The number of nitrogens with zero attached hydrogens (tertiary/aromatic N) is 1. The molecule has 2 rings (SSSR count). The van der Waals surface area contributed by atoms with E-state index in [9.17, 15) is 0 Å². The van der Waals surface area contributed by atoms with Gasteiger partial charge in [0.1, 0.15) is 12.4 Å². The zero-order chi connectivity index (χ0) is 11.9. The molecule has 0 aliphatic rings. The van der Waals surface area contributed by atoms with Crippen LogP contribution in [-0.2, 0) is 6.54 Å². The van der Waals surface area contributed by atoms with E-state index in [1.165, 1.54) is 0 Å². The Balaban J connectivity index is 1.61. The van der Waals surface area contributed by atoms with E-state index in [0.29, 0.717) is 6.61 Å². The number of rotatable bonds is 6.